The molecule has 0 radical (unpaired) electrons. The zero-order valence-corrected chi connectivity index (χ0v) is 16.8. The first kappa shape index (κ1) is 23.4. The van der Waals surface area contributed by atoms with Crippen LogP contribution in [0.4, 0.5) is 8.78 Å². The van der Waals surface area contributed by atoms with E-state index in [4.69, 9.17) is 5.73 Å². The fourth-order valence-corrected chi connectivity index (χ4v) is 3.15. The zero-order valence-electron chi connectivity index (χ0n) is 16.8. The lowest BCUT2D eigenvalue weighted by Crippen LogP contribution is -2.49. The number of nitrogens with two attached hydrogens (primary N) is 1. The van der Waals surface area contributed by atoms with Crippen LogP contribution in [0.2, 0.25) is 0 Å². The molecule has 0 fully saturated rings. The highest BCUT2D eigenvalue weighted by Crippen LogP contribution is 2.12. The third-order valence-corrected chi connectivity index (χ3v) is 4.61. The van der Waals surface area contributed by atoms with Crippen LogP contribution in [0.25, 0.3) is 0 Å². The molecule has 0 heterocycles. The average Bonchev–Trinajstić information content (AvgIpc) is 2.66. The van der Waals surface area contributed by atoms with Gasteiger partial charge in [-0.3, -0.25) is 9.59 Å². The summed E-state index contributed by atoms with van der Waals surface area (Å²) in [5.41, 5.74) is 7.54. The zero-order chi connectivity index (χ0) is 22.1. The Morgan fingerprint density at radius 3 is 2.37 bits per heavy atom. The van der Waals surface area contributed by atoms with Crippen molar-refractivity contribution < 1.29 is 23.5 Å². The van der Waals surface area contributed by atoms with Crippen LogP contribution in [-0.4, -0.2) is 35.6 Å². The normalized spacial score (nSPS) is 12.9. The van der Waals surface area contributed by atoms with Gasteiger partial charge in [-0.05, 0) is 41.7 Å². The first-order valence-corrected chi connectivity index (χ1v) is 9.76. The van der Waals surface area contributed by atoms with Gasteiger partial charge in [0.05, 0.1) is 12.1 Å². The minimum atomic E-state index is -1.07. The van der Waals surface area contributed by atoms with Crippen LogP contribution < -0.4 is 16.4 Å². The van der Waals surface area contributed by atoms with Crippen LogP contribution in [0.3, 0.4) is 0 Å². The smallest absolute Gasteiger partial charge is 0.229 e. The Balaban J connectivity index is 2.03. The van der Waals surface area contributed by atoms with E-state index in [9.17, 15) is 23.5 Å². The van der Waals surface area contributed by atoms with Gasteiger partial charge in [-0.15, -0.1) is 0 Å². The summed E-state index contributed by atoms with van der Waals surface area (Å²) in [7, 11) is 0. The lowest BCUT2D eigenvalue weighted by molar-refractivity contribution is -0.128. The number of benzene rings is 2. The maximum atomic E-state index is 13.5. The third-order valence-electron chi connectivity index (χ3n) is 4.61. The molecular formula is C22H27F2N3O3. The summed E-state index contributed by atoms with van der Waals surface area (Å²) < 4.78 is 27.0. The molecule has 0 aromatic heterocycles. The minimum Gasteiger partial charge on any atom is -0.390 e. The summed E-state index contributed by atoms with van der Waals surface area (Å²) in [6.45, 7) is 2.68. The number of halogens is 2. The number of carbonyl (C=O) groups excluding carboxylic acids is 2. The summed E-state index contributed by atoms with van der Waals surface area (Å²) in [5, 5.41) is 16.2. The van der Waals surface area contributed by atoms with Gasteiger partial charge in [0.25, 0.3) is 0 Å². The number of hydrogen-bond donors (Lipinski definition) is 4. The number of aliphatic hydroxyl groups excluding tert-OH is 1. The molecule has 2 aromatic carbocycles. The highest BCUT2D eigenvalue weighted by Gasteiger charge is 2.23. The molecule has 0 aliphatic rings. The van der Waals surface area contributed by atoms with Gasteiger partial charge in [-0.25, -0.2) is 8.78 Å². The Hall–Kier alpha value is -2.84. The second kappa shape index (κ2) is 11.4. The van der Waals surface area contributed by atoms with Crippen LogP contribution in [0, 0.1) is 11.6 Å². The van der Waals surface area contributed by atoms with Gasteiger partial charge < -0.3 is 21.5 Å². The number of rotatable bonds is 11. The Bertz CT molecular complexity index is 856. The highest BCUT2D eigenvalue weighted by atomic mass is 19.1. The van der Waals surface area contributed by atoms with Crippen molar-refractivity contribution in [2.75, 3.05) is 6.54 Å². The monoisotopic (exact) mass is 419 g/mol. The van der Waals surface area contributed by atoms with E-state index in [1.807, 2.05) is 18.2 Å². The van der Waals surface area contributed by atoms with Gasteiger partial charge in [-0.1, -0.05) is 31.2 Å². The van der Waals surface area contributed by atoms with Crippen molar-refractivity contribution in [3.05, 3.63) is 70.8 Å². The molecular weight excluding hydrogens is 392 g/mol. The summed E-state index contributed by atoms with van der Waals surface area (Å²) in [6.07, 6.45) is -0.720. The number of carbonyl (C=O) groups is 2. The molecule has 6 nitrogen and oxygen atoms in total. The van der Waals surface area contributed by atoms with Crippen molar-refractivity contribution >= 4 is 11.8 Å². The molecule has 0 aliphatic heterocycles. The summed E-state index contributed by atoms with van der Waals surface area (Å²) in [5.74, 6) is -2.99. The number of amides is 2. The molecule has 2 amide bonds. The molecule has 162 valence electrons. The van der Waals surface area contributed by atoms with Crippen molar-refractivity contribution in [2.24, 2.45) is 5.73 Å². The van der Waals surface area contributed by atoms with Crippen molar-refractivity contribution in [1.29, 1.82) is 0 Å². The topological polar surface area (TPSA) is 104 Å². The molecule has 8 heteroatoms. The molecule has 0 saturated carbocycles. The van der Waals surface area contributed by atoms with Crippen LogP contribution in [0.1, 0.15) is 30.0 Å². The molecule has 0 spiro atoms. The van der Waals surface area contributed by atoms with Crippen molar-refractivity contribution in [3.8, 4) is 0 Å². The van der Waals surface area contributed by atoms with Gasteiger partial charge in [0.2, 0.25) is 11.8 Å². The predicted octanol–water partition coefficient (Wildman–Crippen LogP) is 1.58. The van der Waals surface area contributed by atoms with Gasteiger partial charge in [0.1, 0.15) is 18.1 Å². The third kappa shape index (κ3) is 7.88. The molecule has 0 unspecified atom stereocenters. The standard InChI is InChI=1S/C22H27F2N3O3/c1-2-14-4-3-5-15(6-14)12-26-13-20(28)19(27-22(30)11-21(25)29)9-16-7-17(23)10-18(24)8-16/h3-8,10,19-20,26,28H,2,9,11-13H2,1H3,(H2,25,29)(H,27,30)/t19-,20+/m0/s1. The summed E-state index contributed by atoms with van der Waals surface area (Å²) in [4.78, 5) is 22.9. The van der Waals surface area contributed by atoms with E-state index >= 15 is 0 Å². The number of hydrogen-bond acceptors (Lipinski definition) is 4. The van der Waals surface area contributed by atoms with Gasteiger partial charge in [0.15, 0.2) is 0 Å². The average molecular weight is 419 g/mol. The fourth-order valence-electron chi connectivity index (χ4n) is 3.15. The molecule has 0 saturated heterocycles. The van der Waals surface area contributed by atoms with Crippen molar-refractivity contribution in [3.63, 3.8) is 0 Å². The molecule has 5 N–H and O–H groups in total. The predicted molar refractivity (Wildman–Crippen MR) is 109 cm³/mol. The fraction of sp³-hybridized carbons (Fsp3) is 0.364. The quantitative estimate of drug-likeness (QED) is 0.415. The van der Waals surface area contributed by atoms with Gasteiger partial charge in [0, 0.05) is 19.2 Å². The van der Waals surface area contributed by atoms with Crippen LogP contribution in [-0.2, 0) is 29.0 Å². The molecule has 0 bridgehead atoms. The van der Waals surface area contributed by atoms with Crippen LogP contribution >= 0.6 is 0 Å². The van der Waals surface area contributed by atoms with Crippen molar-refractivity contribution in [2.45, 2.75) is 44.9 Å². The Morgan fingerprint density at radius 1 is 1.07 bits per heavy atom. The second-order valence-electron chi connectivity index (χ2n) is 7.17. The van der Waals surface area contributed by atoms with E-state index in [2.05, 4.69) is 23.6 Å². The number of nitrogens with one attached hydrogen (secondary N) is 2. The highest BCUT2D eigenvalue weighted by molar-refractivity contribution is 5.96. The van der Waals surface area contributed by atoms with Gasteiger partial charge >= 0.3 is 0 Å². The SMILES string of the molecule is CCc1cccc(CNC[C@@H](O)[C@H](Cc2cc(F)cc(F)c2)NC(=O)CC(N)=O)c1. The van der Waals surface area contributed by atoms with E-state index in [1.54, 1.807) is 0 Å². The van der Waals surface area contributed by atoms with E-state index in [0.29, 0.717) is 6.54 Å². The molecule has 30 heavy (non-hydrogen) atoms. The largest absolute Gasteiger partial charge is 0.390 e. The van der Waals surface area contributed by atoms with E-state index in [1.165, 1.54) is 5.56 Å². The second-order valence-corrected chi connectivity index (χ2v) is 7.17. The molecule has 2 aromatic rings. The van der Waals surface area contributed by atoms with Gasteiger partial charge in [-0.2, -0.15) is 0 Å². The van der Waals surface area contributed by atoms with E-state index < -0.39 is 42.0 Å². The lowest BCUT2D eigenvalue weighted by Gasteiger charge is -2.25. The summed E-state index contributed by atoms with van der Waals surface area (Å²) in [6, 6.07) is 10.1. The molecule has 0 aliphatic carbocycles. The van der Waals surface area contributed by atoms with Crippen LogP contribution in [0.15, 0.2) is 42.5 Å². The van der Waals surface area contributed by atoms with E-state index in [-0.39, 0.29) is 18.5 Å². The Labute approximate surface area is 174 Å². The minimum absolute atomic E-state index is 0.0205. The van der Waals surface area contributed by atoms with Crippen LogP contribution in [0.5, 0.6) is 0 Å². The lowest BCUT2D eigenvalue weighted by atomic mass is 10.00. The maximum Gasteiger partial charge on any atom is 0.229 e. The first-order valence-electron chi connectivity index (χ1n) is 9.76. The number of aryl methyl sites for hydroxylation is 1. The van der Waals surface area contributed by atoms with Crippen molar-refractivity contribution in [1.82, 2.24) is 10.6 Å². The number of aliphatic hydroxyl groups is 1. The summed E-state index contributed by atoms with van der Waals surface area (Å²) >= 11 is 0. The Morgan fingerprint density at radius 2 is 1.73 bits per heavy atom. The van der Waals surface area contributed by atoms with E-state index in [0.717, 1.165) is 30.2 Å². The first-order chi connectivity index (χ1) is 14.3. The molecule has 2 rings (SSSR count). The number of primary amides is 1. The molecule has 2 atom stereocenters. The maximum absolute atomic E-state index is 13.5. The Kier molecular flexibility index (Phi) is 8.89.